The minimum atomic E-state index is -0.230. The molecule has 0 saturated heterocycles. The minimum Gasteiger partial charge on any atom is -0.311 e. The first-order valence-corrected chi connectivity index (χ1v) is 11.0. The molecule has 0 saturated carbocycles. The van der Waals surface area contributed by atoms with E-state index in [9.17, 15) is 4.79 Å². The summed E-state index contributed by atoms with van der Waals surface area (Å²) in [5.41, 5.74) is 4.54. The lowest BCUT2D eigenvalue weighted by Gasteiger charge is -2.21. The predicted octanol–water partition coefficient (Wildman–Crippen LogP) is 4.73. The monoisotopic (exact) mass is 406 g/mol. The number of amides is 1. The average Bonchev–Trinajstić information content (AvgIpc) is 3.32. The van der Waals surface area contributed by atoms with E-state index in [4.69, 9.17) is 0 Å². The van der Waals surface area contributed by atoms with E-state index < -0.39 is 0 Å². The van der Waals surface area contributed by atoms with E-state index in [1.807, 2.05) is 36.1 Å². The molecule has 5 nitrogen and oxygen atoms in total. The Morgan fingerprint density at radius 2 is 2.00 bits per heavy atom. The van der Waals surface area contributed by atoms with Crippen molar-refractivity contribution in [1.29, 1.82) is 0 Å². The van der Waals surface area contributed by atoms with E-state index in [0.29, 0.717) is 0 Å². The Balaban J connectivity index is 1.57. The van der Waals surface area contributed by atoms with Crippen LogP contribution in [0.2, 0.25) is 0 Å². The van der Waals surface area contributed by atoms with Gasteiger partial charge >= 0.3 is 0 Å². The zero-order chi connectivity index (χ0) is 20.4. The third-order valence-electron chi connectivity index (χ3n) is 5.22. The average molecular weight is 407 g/mol. The summed E-state index contributed by atoms with van der Waals surface area (Å²) in [5.74, 6) is 0.993. The standard InChI is InChI=1S/C23H26N4OS/c1-4-13-27-21(19-10-7-8-16(2)15-19)24-25-23(27)29-17(3)22(28)26-14-12-18-9-5-6-11-20(18)26/h5-11,15,17H,4,12-14H2,1-3H3. The second-order valence-electron chi connectivity index (χ2n) is 7.46. The van der Waals surface area contributed by atoms with Crippen LogP contribution in [0.15, 0.2) is 53.7 Å². The summed E-state index contributed by atoms with van der Waals surface area (Å²) in [6, 6.07) is 16.5. The number of carbonyl (C=O) groups is 1. The van der Waals surface area contributed by atoms with Gasteiger partial charge in [0.05, 0.1) is 5.25 Å². The van der Waals surface area contributed by atoms with Crippen molar-refractivity contribution in [2.24, 2.45) is 0 Å². The van der Waals surface area contributed by atoms with Crippen molar-refractivity contribution in [3.63, 3.8) is 0 Å². The zero-order valence-corrected chi connectivity index (χ0v) is 17.9. The Hall–Kier alpha value is -2.60. The van der Waals surface area contributed by atoms with E-state index in [1.54, 1.807) is 0 Å². The number of nitrogens with zero attached hydrogens (tertiary/aromatic N) is 4. The molecular weight excluding hydrogens is 380 g/mol. The first-order valence-electron chi connectivity index (χ1n) is 10.1. The summed E-state index contributed by atoms with van der Waals surface area (Å²) in [5, 5.41) is 9.47. The summed E-state index contributed by atoms with van der Waals surface area (Å²) in [6.45, 7) is 7.76. The molecule has 1 atom stereocenters. The number of anilines is 1. The molecule has 1 amide bonds. The molecule has 0 fully saturated rings. The molecule has 6 heteroatoms. The van der Waals surface area contributed by atoms with Crippen LogP contribution in [0.5, 0.6) is 0 Å². The largest absolute Gasteiger partial charge is 0.311 e. The lowest BCUT2D eigenvalue weighted by molar-refractivity contribution is -0.117. The Bertz CT molecular complexity index is 1030. The summed E-state index contributed by atoms with van der Waals surface area (Å²) in [4.78, 5) is 15.1. The molecule has 0 aliphatic carbocycles. The highest BCUT2D eigenvalue weighted by molar-refractivity contribution is 8.00. The van der Waals surface area contributed by atoms with Gasteiger partial charge in [-0.05, 0) is 44.4 Å². The van der Waals surface area contributed by atoms with Gasteiger partial charge in [0.1, 0.15) is 0 Å². The number of hydrogen-bond acceptors (Lipinski definition) is 4. The minimum absolute atomic E-state index is 0.128. The second-order valence-corrected chi connectivity index (χ2v) is 8.76. The molecule has 0 bridgehead atoms. The van der Waals surface area contributed by atoms with Crippen LogP contribution in [0.3, 0.4) is 0 Å². The number of aryl methyl sites for hydroxylation is 1. The maximum Gasteiger partial charge on any atom is 0.240 e. The smallest absolute Gasteiger partial charge is 0.240 e. The number of fused-ring (bicyclic) bond motifs is 1. The van der Waals surface area contributed by atoms with Crippen molar-refractivity contribution >= 4 is 23.4 Å². The Morgan fingerprint density at radius 3 is 2.79 bits per heavy atom. The maximum atomic E-state index is 13.2. The summed E-state index contributed by atoms with van der Waals surface area (Å²) >= 11 is 1.50. The van der Waals surface area contributed by atoms with Gasteiger partial charge in [0.2, 0.25) is 5.91 Å². The number of para-hydroxylation sites is 1. The molecule has 1 aliphatic rings. The fourth-order valence-electron chi connectivity index (χ4n) is 3.79. The molecule has 0 radical (unpaired) electrons. The third-order valence-corrected chi connectivity index (χ3v) is 6.29. The predicted molar refractivity (Wildman–Crippen MR) is 118 cm³/mol. The van der Waals surface area contributed by atoms with Crippen LogP contribution in [-0.4, -0.2) is 32.5 Å². The van der Waals surface area contributed by atoms with Crippen LogP contribution >= 0.6 is 11.8 Å². The van der Waals surface area contributed by atoms with E-state index in [-0.39, 0.29) is 11.2 Å². The molecule has 1 aliphatic heterocycles. The van der Waals surface area contributed by atoms with E-state index in [0.717, 1.165) is 48.2 Å². The SMILES string of the molecule is CCCn1c(SC(C)C(=O)N2CCc3ccccc32)nnc1-c1cccc(C)c1. The van der Waals surface area contributed by atoms with Crippen molar-refractivity contribution in [2.75, 3.05) is 11.4 Å². The van der Waals surface area contributed by atoms with Crippen molar-refractivity contribution in [2.45, 2.75) is 50.6 Å². The molecule has 3 aromatic rings. The molecule has 2 aromatic carbocycles. The molecule has 1 unspecified atom stereocenters. The molecule has 29 heavy (non-hydrogen) atoms. The van der Waals surface area contributed by atoms with E-state index in [1.165, 1.54) is 22.9 Å². The highest BCUT2D eigenvalue weighted by atomic mass is 32.2. The van der Waals surface area contributed by atoms with Crippen LogP contribution in [0.1, 0.15) is 31.4 Å². The highest BCUT2D eigenvalue weighted by Crippen LogP contribution is 2.32. The summed E-state index contributed by atoms with van der Waals surface area (Å²) in [6.07, 6.45) is 1.90. The first kappa shape index (κ1) is 19.7. The van der Waals surface area contributed by atoms with Crippen molar-refractivity contribution < 1.29 is 4.79 Å². The maximum absolute atomic E-state index is 13.2. The third kappa shape index (κ3) is 3.94. The van der Waals surface area contributed by atoms with Crippen molar-refractivity contribution in [3.8, 4) is 11.4 Å². The van der Waals surface area contributed by atoms with E-state index in [2.05, 4.69) is 52.9 Å². The fraction of sp³-hybridized carbons (Fsp3) is 0.348. The molecule has 1 aromatic heterocycles. The van der Waals surface area contributed by atoms with Crippen LogP contribution in [-0.2, 0) is 17.8 Å². The topological polar surface area (TPSA) is 51.0 Å². The van der Waals surface area contributed by atoms with Gasteiger partial charge in [-0.25, -0.2) is 0 Å². The van der Waals surface area contributed by atoms with Crippen molar-refractivity contribution in [3.05, 3.63) is 59.7 Å². The number of carbonyl (C=O) groups excluding carboxylic acids is 1. The second kappa shape index (κ2) is 8.41. The van der Waals surface area contributed by atoms with Crippen LogP contribution in [0.25, 0.3) is 11.4 Å². The summed E-state index contributed by atoms with van der Waals surface area (Å²) in [7, 11) is 0. The van der Waals surface area contributed by atoms with Gasteiger partial charge in [-0.15, -0.1) is 10.2 Å². The normalized spacial score (nSPS) is 14.1. The molecule has 150 valence electrons. The number of rotatable bonds is 6. The van der Waals surface area contributed by atoms with E-state index >= 15 is 0 Å². The van der Waals surface area contributed by atoms with Gasteiger partial charge in [-0.2, -0.15) is 0 Å². The number of hydrogen-bond donors (Lipinski definition) is 0. The van der Waals surface area contributed by atoms with Crippen molar-refractivity contribution in [1.82, 2.24) is 14.8 Å². The fourth-order valence-corrected chi connectivity index (χ4v) is 4.73. The van der Waals surface area contributed by atoms with Crippen LogP contribution in [0.4, 0.5) is 5.69 Å². The molecule has 2 heterocycles. The molecular formula is C23H26N4OS. The quantitative estimate of drug-likeness (QED) is 0.555. The molecule has 0 N–H and O–H groups in total. The highest BCUT2D eigenvalue weighted by Gasteiger charge is 2.29. The zero-order valence-electron chi connectivity index (χ0n) is 17.1. The molecule has 4 rings (SSSR count). The Labute approximate surface area is 176 Å². The lowest BCUT2D eigenvalue weighted by Crippen LogP contribution is -2.35. The van der Waals surface area contributed by atoms with Gasteiger partial charge in [-0.3, -0.25) is 4.79 Å². The first-order chi connectivity index (χ1) is 14.1. The van der Waals surface area contributed by atoms with Crippen LogP contribution < -0.4 is 4.90 Å². The Morgan fingerprint density at radius 1 is 1.17 bits per heavy atom. The molecule has 0 spiro atoms. The Kier molecular flexibility index (Phi) is 5.72. The van der Waals surface area contributed by atoms with Gasteiger partial charge in [0.25, 0.3) is 0 Å². The van der Waals surface area contributed by atoms with Gasteiger partial charge in [0, 0.05) is 24.3 Å². The van der Waals surface area contributed by atoms with Crippen LogP contribution in [0, 0.1) is 6.92 Å². The number of aromatic nitrogens is 3. The number of benzene rings is 2. The van der Waals surface area contributed by atoms with Gasteiger partial charge in [-0.1, -0.05) is 60.6 Å². The van der Waals surface area contributed by atoms with Gasteiger partial charge in [0.15, 0.2) is 11.0 Å². The number of thioether (sulfide) groups is 1. The lowest BCUT2D eigenvalue weighted by atomic mass is 10.1. The van der Waals surface area contributed by atoms with Gasteiger partial charge < -0.3 is 9.47 Å². The summed E-state index contributed by atoms with van der Waals surface area (Å²) < 4.78 is 2.14.